The van der Waals surface area contributed by atoms with Gasteiger partial charge in [-0.15, -0.1) is 0 Å². The number of hydrogen-bond donors (Lipinski definition) is 0. The van der Waals surface area contributed by atoms with Crippen LogP contribution in [0.2, 0.25) is 0 Å². The third kappa shape index (κ3) is 12.5. The van der Waals surface area contributed by atoms with Crippen molar-refractivity contribution in [2.24, 2.45) is 10.8 Å². The van der Waals surface area contributed by atoms with E-state index in [1.54, 1.807) is 18.2 Å². The van der Waals surface area contributed by atoms with Crippen LogP contribution in [0.4, 0.5) is 39.5 Å². The minimum Gasteiger partial charge on any atom is -0.465 e. The van der Waals surface area contributed by atoms with E-state index >= 15 is 0 Å². The van der Waals surface area contributed by atoms with Crippen molar-refractivity contribution in [1.82, 2.24) is 0 Å². The summed E-state index contributed by atoms with van der Waals surface area (Å²) in [5.41, 5.74) is -4.47. The molecule has 0 atom stereocenters. The van der Waals surface area contributed by atoms with E-state index in [0.717, 1.165) is 67.3 Å². The molecule has 7 rings (SSSR count). The van der Waals surface area contributed by atoms with Crippen LogP contribution in [-0.4, -0.2) is 58.4 Å². The second kappa shape index (κ2) is 21.2. The highest BCUT2D eigenvalue weighted by Gasteiger charge is 2.53. The molecule has 1 saturated heterocycles. The molecule has 9 nitrogen and oxygen atoms in total. The number of esters is 2. The van der Waals surface area contributed by atoms with Gasteiger partial charge < -0.3 is 23.0 Å². The number of ether oxygens (including phenoxy) is 2. The predicted molar refractivity (Wildman–Crippen MR) is 251 cm³/mol. The Morgan fingerprint density at radius 3 is 1.51 bits per heavy atom. The first kappa shape index (κ1) is 56.3. The van der Waals surface area contributed by atoms with Crippen molar-refractivity contribution in [2.75, 3.05) is 14.2 Å². The van der Waals surface area contributed by atoms with Gasteiger partial charge in [0.05, 0.1) is 36.5 Å². The number of hydrogen-bond acceptors (Lipinski definition) is 9. The summed E-state index contributed by atoms with van der Waals surface area (Å²) in [5, 5.41) is 0. The number of benzene rings is 4. The molecule has 0 unspecified atom stereocenters. The molecular formula is C51H54BF9O9S. The summed E-state index contributed by atoms with van der Waals surface area (Å²) < 4.78 is 166. The van der Waals surface area contributed by atoms with Crippen LogP contribution in [0.25, 0.3) is 22.3 Å². The second-order valence-corrected chi connectivity index (χ2v) is 20.8. The maximum absolute atomic E-state index is 14.5. The summed E-state index contributed by atoms with van der Waals surface area (Å²) in [7, 11) is -4.33. The molecule has 1 heterocycles. The molecule has 2 aliphatic carbocycles. The molecule has 3 aliphatic rings. The molecule has 1 aliphatic heterocycles. The summed E-state index contributed by atoms with van der Waals surface area (Å²) >= 11 is 0. The lowest BCUT2D eigenvalue weighted by Gasteiger charge is -2.32. The van der Waals surface area contributed by atoms with Gasteiger partial charge >= 0.3 is 34.7 Å². The number of rotatable bonds is 10. The predicted octanol–water partition coefficient (Wildman–Crippen LogP) is 13.4. The summed E-state index contributed by atoms with van der Waals surface area (Å²) in [5.74, 6) is -2.86. The highest BCUT2D eigenvalue weighted by atomic mass is 32.2. The Kier molecular flexibility index (Phi) is 16.8. The Morgan fingerprint density at radius 1 is 0.606 bits per heavy atom. The van der Waals surface area contributed by atoms with E-state index in [2.05, 4.69) is 28.8 Å². The molecular weight excluding hydrogens is 970 g/mol. The van der Waals surface area contributed by atoms with Crippen molar-refractivity contribution < 1.29 is 80.5 Å². The van der Waals surface area contributed by atoms with Crippen LogP contribution in [0.1, 0.15) is 137 Å². The quantitative estimate of drug-likeness (QED) is 0.0503. The fourth-order valence-corrected chi connectivity index (χ4v) is 8.61. The number of methoxy groups -OCH3 is 2. The van der Waals surface area contributed by atoms with Crippen LogP contribution >= 0.6 is 0 Å². The third-order valence-electron chi connectivity index (χ3n) is 12.9. The van der Waals surface area contributed by atoms with E-state index in [4.69, 9.17) is 14.0 Å². The van der Waals surface area contributed by atoms with Crippen LogP contribution in [0.15, 0.2) is 84.9 Å². The van der Waals surface area contributed by atoms with Gasteiger partial charge in [0.15, 0.2) is 5.75 Å². The van der Waals surface area contributed by atoms with E-state index in [9.17, 15) is 57.5 Å². The van der Waals surface area contributed by atoms with Crippen molar-refractivity contribution >= 4 is 45.8 Å². The third-order valence-corrected chi connectivity index (χ3v) is 13.9. The van der Waals surface area contributed by atoms with Gasteiger partial charge in [0.2, 0.25) is 0 Å². The number of carbonyl (C=O) groups excluding carboxylic acids is 2. The van der Waals surface area contributed by atoms with Crippen LogP contribution < -0.4 is 9.65 Å². The van der Waals surface area contributed by atoms with Crippen molar-refractivity contribution in [2.45, 2.75) is 111 Å². The topological polar surface area (TPSA) is 114 Å². The van der Waals surface area contributed by atoms with E-state index in [1.807, 2.05) is 41.5 Å². The molecule has 4 aromatic rings. The Hall–Kier alpha value is -5.60. The van der Waals surface area contributed by atoms with E-state index < -0.39 is 81.5 Å². The fourth-order valence-electron chi connectivity index (χ4n) is 8.13. The molecule has 0 spiro atoms. The monoisotopic (exact) mass is 1020 g/mol. The van der Waals surface area contributed by atoms with Crippen molar-refractivity contribution in [3.8, 4) is 16.9 Å². The van der Waals surface area contributed by atoms with Gasteiger partial charge in [-0.1, -0.05) is 64.1 Å². The van der Waals surface area contributed by atoms with Crippen LogP contribution in [0.3, 0.4) is 0 Å². The standard InChI is InChI=1S/C22H21F3O2.C16H17F3O5S.C13H16BF3O2/c1-22(2)10-4-5-18(22)16-12-14(21(26)27-3)6-8-15(16)17-11-13(20(24)25)7-9-19(17)23;1-15(2)8-4-5-12(15)11-9-10(14(20)23-3)6-7-13(11)24-25(21,22)16(17,18)19;1-12(2)13(3,4)19-14(18-12)9-7-8(11(16)17)5-6-10(9)15/h5-9,11-12,20H,4,10H2,1-3H3;5-7,9H,4,8H2,1-3H3;5-7,11H,1-4H3. The number of carbonyl (C=O) groups is 2. The molecule has 384 valence electrons. The molecule has 0 radical (unpaired) electrons. The van der Waals surface area contributed by atoms with Gasteiger partial charge in [-0.3, -0.25) is 0 Å². The summed E-state index contributed by atoms with van der Waals surface area (Å²) in [6.45, 7) is 15.2. The summed E-state index contributed by atoms with van der Waals surface area (Å²) in [4.78, 5) is 23.7. The molecule has 0 N–H and O–H groups in total. The number of alkyl halides is 7. The average molecular weight is 1020 g/mol. The largest absolute Gasteiger partial charge is 0.534 e. The molecule has 0 amide bonds. The van der Waals surface area contributed by atoms with Gasteiger partial charge in [-0.05, 0) is 135 Å². The molecule has 1 fully saturated rings. The normalized spacial score (nSPS) is 17.7. The molecule has 0 saturated carbocycles. The first-order valence-corrected chi connectivity index (χ1v) is 23.6. The highest BCUT2D eigenvalue weighted by Crippen LogP contribution is 2.49. The first-order chi connectivity index (χ1) is 32.8. The lowest BCUT2D eigenvalue weighted by Crippen LogP contribution is -2.41. The van der Waals surface area contributed by atoms with Gasteiger partial charge in [-0.25, -0.2) is 35.9 Å². The van der Waals surface area contributed by atoms with E-state index in [1.165, 1.54) is 32.4 Å². The SMILES string of the molecule is CC1(C)OB(c2cc(C(F)F)ccc2F)OC1(C)C.COC(=O)c1ccc(-c2cc(C(F)F)ccc2F)c(C2=CCCC2(C)C)c1.COC(=O)c1ccc(OS(=O)(=O)C(F)(F)F)c(C2=CCCC2(C)C)c1. The highest BCUT2D eigenvalue weighted by molar-refractivity contribution is 7.88. The number of halogens is 9. The molecule has 0 aromatic heterocycles. The Balaban J connectivity index is 0.000000201. The van der Waals surface area contributed by atoms with E-state index in [-0.39, 0.29) is 38.7 Å². The lowest BCUT2D eigenvalue weighted by atomic mass is 9.78. The second-order valence-electron chi connectivity index (χ2n) is 19.2. The zero-order chi connectivity index (χ0) is 53.2. The van der Waals surface area contributed by atoms with Crippen LogP contribution in [0.5, 0.6) is 5.75 Å². The first-order valence-electron chi connectivity index (χ1n) is 22.2. The zero-order valence-corrected chi connectivity index (χ0v) is 41.4. The maximum atomic E-state index is 14.5. The van der Waals surface area contributed by atoms with E-state index in [0.29, 0.717) is 28.7 Å². The van der Waals surface area contributed by atoms with Crippen LogP contribution in [0, 0.1) is 22.5 Å². The Bertz CT molecular complexity index is 2800. The lowest BCUT2D eigenvalue weighted by molar-refractivity contribution is -0.0500. The van der Waals surface area contributed by atoms with Crippen molar-refractivity contribution in [1.29, 1.82) is 0 Å². The Morgan fingerprint density at radius 2 is 1.06 bits per heavy atom. The van der Waals surface area contributed by atoms with Gasteiger partial charge in [0, 0.05) is 27.7 Å². The molecule has 71 heavy (non-hydrogen) atoms. The minimum atomic E-state index is -5.82. The zero-order valence-electron chi connectivity index (χ0n) is 40.6. The molecule has 20 heteroatoms. The molecule has 4 aromatic carbocycles. The van der Waals surface area contributed by atoms with Crippen molar-refractivity contribution in [3.63, 3.8) is 0 Å². The van der Waals surface area contributed by atoms with Crippen molar-refractivity contribution in [3.05, 3.63) is 130 Å². The van der Waals surface area contributed by atoms with Crippen LogP contribution in [-0.2, 0) is 28.9 Å². The minimum absolute atomic E-state index is 0.0106. The van der Waals surface area contributed by atoms with Gasteiger partial charge in [0.1, 0.15) is 11.6 Å². The maximum Gasteiger partial charge on any atom is 0.534 e. The van der Waals surface area contributed by atoms with Gasteiger partial charge in [0.25, 0.3) is 12.9 Å². The van der Waals surface area contributed by atoms with Gasteiger partial charge in [-0.2, -0.15) is 21.6 Å². The number of allylic oxidation sites excluding steroid dienone is 4. The smallest absolute Gasteiger partial charge is 0.465 e. The summed E-state index contributed by atoms with van der Waals surface area (Å²) in [6.07, 6.45) is 1.71. The molecule has 0 bridgehead atoms. The summed E-state index contributed by atoms with van der Waals surface area (Å²) in [6, 6.07) is 14.8. The Labute approximate surface area is 407 Å². The fraction of sp³-hybridized carbons (Fsp3) is 0.412. The average Bonchev–Trinajstić information content (AvgIpc) is 3.90.